The summed E-state index contributed by atoms with van der Waals surface area (Å²) < 4.78 is 0. The molecule has 5 nitrogen and oxygen atoms in total. The van der Waals surface area contributed by atoms with Crippen LogP contribution in [0, 0.1) is 0 Å². The van der Waals surface area contributed by atoms with Gasteiger partial charge in [0.05, 0.1) is 10.8 Å². The quantitative estimate of drug-likeness (QED) is 0.598. The van der Waals surface area contributed by atoms with Crippen LogP contribution in [0.4, 0.5) is 0 Å². The maximum atomic E-state index is 11.3. The average molecular weight is 275 g/mol. The highest BCUT2D eigenvalue weighted by molar-refractivity contribution is 8.00. The average Bonchev–Trinajstić information content (AvgIpc) is 2.27. The molecule has 0 spiro atoms. The van der Waals surface area contributed by atoms with Gasteiger partial charge in [-0.05, 0) is 12.1 Å². The number of carbonyl (C=O) groups is 2. The number of thioether (sulfide) groups is 1. The standard InChI is InChI=1S/C10H11ClN2O3S/c11-7-3-1-2-4-8(7)17-6-10(15)13-16-5-9(12)14/h1-4H,5-6H2,(H2,12,14)(H,13,15). The van der Waals surface area contributed by atoms with Crippen LogP contribution in [0.5, 0.6) is 0 Å². The van der Waals surface area contributed by atoms with Gasteiger partial charge in [0.1, 0.15) is 0 Å². The van der Waals surface area contributed by atoms with E-state index in [0.29, 0.717) is 5.02 Å². The van der Waals surface area contributed by atoms with Gasteiger partial charge in [0.15, 0.2) is 6.61 Å². The van der Waals surface area contributed by atoms with Crippen LogP contribution >= 0.6 is 23.4 Å². The number of amides is 2. The van der Waals surface area contributed by atoms with Crippen LogP contribution in [0.2, 0.25) is 5.02 Å². The van der Waals surface area contributed by atoms with Gasteiger partial charge in [-0.15, -0.1) is 11.8 Å². The molecule has 0 atom stereocenters. The first-order chi connectivity index (χ1) is 8.09. The molecule has 0 heterocycles. The Bertz CT molecular complexity index is 414. The molecule has 2 amide bonds. The first kappa shape index (κ1) is 13.8. The monoisotopic (exact) mass is 274 g/mol. The predicted octanol–water partition coefficient (Wildman–Crippen LogP) is 0.965. The molecule has 1 aromatic rings. The molecule has 7 heteroatoms. The van der Waals surface area contributed by atoms with Crippen molar-refractivity contribution in [3.8, 4) is 0 Å². The second-order valence-electron chi connectivity index (χ2n) is 3.00. The van der Waals surface area contributed by atoms with Crippen molar-refractivity contribution in [3.05, 3.63) is 29.3 Å². The minimum absolute atomic E-state index is 0.141. The van der Waals surface area contributed by atoms with E-state index >= 15 is 0 Å². The van der Waals surface area contributed by atoms with E-state index in [1.807, 2.05) is 18.2 Å². The zero-order valence-electron chi connectivity index (χ0n) is 8.81. The van der Waals surface area contributed by atoms with Gasteiger partial charge in [-0.25, -0.2) is 5.48 Å². The highest BCUT2D eigenvalue weighted by atomic mass is 35.5. The van der Waals surface area contributed by atoms with Gasteiger partial charge in [-0.3, -0.25) is 14.4 Å². The Morgan fingerprint density at radius 3 is 2.76 bits per heavy atom. The SMILES string of the molecule is NC(=O)CONC(=O)CSc1ccccc1Cl. The number of nitrogens with one attached hydrogen (secondary N) is 1. The Morgan fingerprint density at radius 2 is 2.12 bits per heavy atom. The maximum Gasteiger partial charge on any atom is 0.253 e. The molecule has 0 saturated carbocycles. The first-order valence-electron chi connectivity index (χ1n) is 4.66. The van der Waals surface area contributed by atoms with E-state index in [4.69, 9.17) is 17.3 Å². The topological polar surface area (TPSA) is 81.4 Å². The van der Waals surface area contributed by atoms with Crippen LogP contribution in [0.15, 0.2) is 29.2 Å². The van der Waals surface area contributed by atoms with E-state index in [1.54, 1.807) is 6.07 Å². The van der Waals surface area contributed by atoms with Crippen molar-refractivity contribution in [2.75, 3.05) is 12.4 Å². The number of carbonyl (C=O) groups excluding carboxylic acids is 2. The second kappa shape index (κ2) is 7.16. The molecular weight excluding hydrogens is 264 g/mol. The summed E-state index contributed by atoms with van der Waals surface area (Å²) in [7, 11) is 0. The van der Waals surface area contributed by atoms with E-state index in [0.717, 1.165) is 4.90 Å². The highest BCUT2D eigenvalue weighted by Crippen LogP contribution is 2.26. The van der Waals surface area contributed by atoms with Gasteiger partial charge in [0, 0.05) is 4.90 Å². The van der Waals surface area contributed by atoms with Crippen molar-refractivity contribution in [2.24, 2.45) is 5.73 Å². The third-order valence-corrected chi connectivity index (χ3v) is 3.11. The molecule has 1 rings (SSSR count). The molecule has 0 unspecified atom stereocenters. The second-order valence-corrected chi connectivity index (χ2v) is 4.42. The van der Waals surface area contributed by atoms with Crippen molar-refractivity contribution in [3.63, 3.8) is 0 Å². The molecule has 1 aromatic carbocycles. The molecule has 92 valence electrons. The van der Waals surface area contributed by atoms with Crippen LogP contribution in [-0.2, 0) is 14.4 Å². The maximum absolute atomic E-state index is 11.3. The van der Waals surface area contributed by atoms with Crippen LogP contribution in [0.1, 0.15) is 0 Å². The minimum Gasteiger partial charge on any atom is -0.368 e. The molecule has 17 heavy (non-hydrogen) atoms. The lowest BCUT2D eigenvalue weighted by atomic mass is 10.4. The van der Waals surface area contributed by atoms with Gasteiger partial charge in [0.2, 0.25) is 5.91 Å². The van der Waals surface area contributed by atoms with Gasteiger partial charge in [-0.1, -0.05) is 23.7 Å². The molecule has 0 aromatic heterocycles. The molecule has 3 N–H and O–H groups in total. The fourth-order valence-corrected chi connectivity index (χ4v) is 1.95. The predicted molar refractivity (Wildman–Crippen MR) is 65.5 cm³/mol. The lowest BCUT2D eigenvalue weighted by Gasteiger charge is -2.05. The van der Waals surface area contributed by atoms with Gasteiger partial charge in [-0.2, -0.15) is 0 Å². The molecular formula is C10H11ClN2O3S. The number of halogens is 1. The summed E-state index contributed by atoms with van der Waals surface area (Å²) in [4.78, 5) is 26.9. The summed E-state index contributed by atoms with van der Waals surface area (Å²) in [5.74, 6) is -0.872. The summed E-state index contributed by atoms with van der Waals surface area (Å²) in [6, 6.07) is 7.19. The molecule has 0 saturated heterocycles. The van der Waals surface area contributed by atoms with Gasteiger partial charge >= 0.3 is 0 Å². The number of nitrogens with two attached hydrogens (primary N) is 1. The Kier molecular flexibility index (Phi) is 5.82. The Hall–Kier alpha value is -1.24. The summed E-state index contributed by atoms with van der Waals surface area (Å²) in [5.41, 5.74) is 6.93. The van der Waals surface area contributed by atoms with Crippen molar-refractivity contribution in [2.45, 2.75) is 4.90 Å². The van der Waals surface area contributed by atoms with Crippen LogP contribution < -0.4 is 11.2 Å². The first-order valence-corrected chi connectivity index (χ1v) is 6.02. The number of hydrogen-bond acceptors (Lipinski definition) is 4. The summed E-state index contributed by atoms with van der Waals surface area (Å²) in [6.45, 7) is -0.345. The van der Waals surface area contributed by atoms with Crippen LogP contribution in [0.25, 0.3) is 0 Å². The Morgan fingerprint density at radius 1 is 1.41 bits per heavy atom. The van der Waals surface area contributed by atoms with Crippen LogP contribution in [0.3, 0.4) is 0 Å². The van der Waals surface area contributed by atoms with Gasteiger partial charge in [0.25, 0.3) is 5.91 Å². The third-order valence-electron chi connectivity index (χ3n) is 1.60. The summed E-state index contributed by atoms with van der Waals surface area (Å²) in [6.07, 6.45) is 0. The van der Waals surface area contributed by atoms with E-state index in [2.05, 4.69) is 10.3 Å². The number of hydrogen-bond donors (Lipinski definition) is 2. The molecule has 0 aliphatic heterocycles. The fourth-order valence-electron chi connectivity index (χ4n) is 0.922. The molecule has 0 aliphatic rings. The summed E-state index contributed by atoms with van der Waals surface area (Å²) in [5, 5.41) is 0.586. The van der Waals surface area contributed by atoms with Crippen molar-refractivity contribution in [1.29, 1.82) is 0 Å². The minimum atomic E-state index is -0.649. The lowest BCUT2D eigenvalue weighted by molar-refractivity contribution is -0.135. The van der Waals surface area contributed by atoms with E-state index in [9.17, 15) is 9.59 Å². The Labute approximate surface area is 108 Å². The van der Waals surface area contributed by atoms with E-state index in [-0.39, 0.29) is 18.3 Å². The van der Waals surface area contributed by atoms with Crippen molar-refractivity contribution in [1.82, 2.24) is 5.48 Å². The zero-order valence-corrected chi connectivity index (χ0v) is 10.4. The normalized spacial score (nSPS) is 9.94. The van der Waals surface area contributed by atoms with E-state index in [1.165, 1.54) is 11.8 Å². The fraction of sp³-hybridized carbons (Fsp3) is 0.200. The lowest BCUT2D eigenvalue weighted by Crippen LogP contribution is -2.30. The molecule has 0 radical (unpaired) electrons. The molecule has 0 aliphatic carbocycles. The largest absolute Gasteiger partial charge is 0.368 e. The number of rotatable bonds is 6. The third kappa shape index (κ3) is 5.58. The van der Waals surface area contributed by atoms with Crippen molar-refractivity contribution >= 4 is 35.2 Å². The Balaban J connectivity index is 2.29. The zero-order chi connectivity index (χ0) is 12.7. The smallest absolute Gasteiger partial charge is 0.253 e. The van der Waals surface area contributed by atoms with Gasteiger partial charge < -0.3 is 5.73 Å². The highest BCUT2D eigenvalue weighted by Gasteiger charge is 2.05. The van der Waals surface area contributed by atoms with E-state index < -0.39 is 5.91 Å². The molecule has 0 fully saturated rings. The number of primary amides is 1. The van der Waals surface area contributed by atoms with Crippen LogP contribution in [-0.4, -0.2) is 24.2 Å². The van der Waals surface area contributed by atoms with Crippen molar-refractivity contribution < 1.29 is 14.4 Å². The number of hydroxylamine groups is 1. The number of benzene rings is 1. The molecule has 0 bridgehead atoms. The summed E-state index contributed by atoms with van der Waals surface area (Å²) >= 11 is 7.18.